The third kappa shape index (κ3) is 1.76. The zero-order chi connectivity index (χ0) is 10.9. The molecule has 0 bridgehead atoms. The Morgan fingerprint density at radius 2 is 2.07 bits per heavy atom. The van der Waals surface area contributed by atoms with E-state index in [-0.39, 0.29) is 0 Å². The van der Waals surface area contributed by atoms with Crippen molar-refractivity contribution in [1.82, 2.24) is 4.98 Å². The maximum Gasteiger partial charge on any atom is 0.284 e. The van der Waals surface area contributed by atoms with Crippen molar-refractivity contribution in [2.45, 2.75) is 6.43 Å². The molecule has 1 aromatic heterocycles. The fourth-order valence-corrected chi connectivity index (χ4v) is 0.895. The van der Waals surface area contributed by atoms with Crippen LogP contribution in [0.2, 0.25) is 0 Å². The van der Waals surface area contributed by atoms with Crippen molar-refractivity contribution < 1.29 is 18.0 Å². The molecule has 3 N–H and O–H groups in total. The second kappa shape index (κ2) is 3.52. The van der Waals surface area contributed by atoms with Crippen LogP contribution in [0.3, 0.4) is 0 Å². The van der Waals surface area contributed by atoms with Crippen LogP contribution in [0, 0.1) is 5.82 Å². The number of carbonyl (C=O) groups is 1. The van der Waals surface area contributed by atoms with Gasteiger partial charge in [0.2, 0.25) is 0 Å². The third-order valence-corrected chi connectivity index (χ3v) is 1.51. The summed E-state index contributed by atoms with van der Waals surface area (Å²) < 4.78 is 37.0. The number of halogens is 3. The standard InChI is InChI=1S/C7H5F3N2O2/c8-3-1-2(6(11)13)4(5(9)10)12-7(3)14/h1,5H,(H2,11,13)(H,12,14). The van der Waals surface area contributed by atoms with E-state index in [1.165, 1.54) is 0 Å². The fourth-order valence-electron chi connectivity index (χ4n) is 0.895. The van der Waals surface area contributed by atoms with Gasteiger partial charge in [-0.05, 0) is 6.07 Å². The van der Waals surface area contributed by atoms with Crippen molar-refractivity contribution in [3.05, 3.63) is 33.5 Å². The van der Waals surface area contributed by atoms with Gasteiger partial charge in [0.15, 0.2) is 5.82 Å². The highest BCUT2D eigenvalue weighted by atomic mass is 19.3. The summed E-state index contributed by atoms with van der Waals surface area (Å²) in [6, 6.07) is 0.392. The number of primary amides is 1. The number of H-pyrrole nitrogens is 1. The zero-order valence-electron chi connectivity index (χ0n) is 6.68. The van der Waals surface area contributed by atoms with E-state index in [0.717, 1.165) is 0 Å². The number of pyridine rings is 1. The predicted octanol–water partition coefficient (Wildman–Crippen LogP) is 0.550. The van der Waals surface area contributed by atoms with E-state index in [2.05, 4.69) is 0 Å². The predicted molar refractivity (Wildman–Crippen MR) is 40.5 cm³/mol. The van der Waals surface area contributed by atoms with E-state index in [9.17, 15) is 22.8 Å². The SMILES string of the molecule is NC(=O)c1cc(F)c(=O)[nH]c1C(F)F. The highest BCUT2D eigenvalue weighted by molar-refractivity contribution is 5.93. The van der Waals surface area contributed by atoms with Crippen molar-refractivity contribution in [3.63, 3.8) is 0 Å². The number of rotatable bonds is 2. The summed E-state index contributed by atoms with van der Waals surface area (Å²) in [5.41, 5.74) is 1.70. The third-order valence-electron chi connectivity index (χ3n) is 1.51. The number of nitrogens with one attached hydrogen (secondary N) is 1. The van der Waals surface area contributed by atoms with Crippen LogP contribution in [0.5, 0.6) is 0 Å². The molecule has 0 spiro atoms. The molecule has 0 unspecified atom stereocenters. The second-order valence-electron chi connectivity index (χ2n) is 2.44. The van der Waals surface area contributed by atoms with Gasteiger partial charge in [0, 0.05) is 0 Å². The number of nitrogens with two attached hydrogens (primary N) is 1. The van der Waals surface area contributed by atoms with Crippen LogP contribution < -0.4 is 11.3 Å². The van der Waals surface area contributed by atoms with Gasteiger partial charge in [0.25, 0.3) is 17.9 Å². The number of aromatic nitrogens is 1. The van der Waals surface area contributed by atoms with Gasteiger partial charge in [-0.1, -0.05) is 0 Å². The summed E-state index contributed by atoms with van der Waals surface area (Å²) in [7, 11) is 0. The van der Waals surface area contributed by atoms with Gasteiger partial charge < -0.3 is 10.7 Å². The van der Waals surface area contributed by atoms with Crippen LogP contribution in [-0.2, 0) is 0 Å². The first-order valence-electron chi connectivity index (χ1n) is 3.44. The molecule has 0 aliphatic rings. The number of carbonyl (C=O) groups excluding carboxylic acids is 1. The molecule has 0 saturated carbocycles. The lowest BCUT2D eigenvalue weighted by atomic mass is 10.2. The number of hydrogen-bond acceptors (Lipinski definition) is 2. The molecule has 7 heteroatoms. The average Bonchev–Trinajstić information content (AvgIpc) is 2.08. The molecule has 0 aromatic carbocycles. The Labute approximate surface area is 75.5 Å². The number of alkyl halides is 2. The highest BCUT2D eigenvalue weighted by Crippen LogP contribution is 2.19. The fraction of sp³-hybridized carbons (Fsp3) is 0.143. The second-order valence-corrected chi connectivity index (χ2v) is 2.44. The Hall–Kier alpha value is -1.79. The topological polar surface area (TPSA) is 76.0 Å². The molecular weight excluding hydrogens is 201 g/mol. The molecule has 4 nitrogen and oxygen atoms in total. The van der Waals surface area contributed by atoms with E-state index in [1.54, 1.807) is 4.98 Å². The lowest BCUT2D eigenvalue weighted by Gasteiger charge is -2.04. The molecule has 76 valence electrons. The molecular formula is C7H5F3N2O2. The summed E-state index contributed by atoms with van der Waals surface area (Å²) in [6.45, 7) is 0. The van der Waals surface area contributed by atoms with Crippen molar-refractivity contribution in [3.8, 4) is 0 Å². The molecule has 0 radical (unpaired) electrons. The molecule has 14 heavy (non-hydrogen) atoms. The Kier molecular flexibility index (Phi) is 2.59. The van der Waals surface area contributed by atoms with Gasteiger partial charge in [0.1, 0.15) is 0 Å². The average molecular weight is 206 g/mol. The number of hydrogen-bond donors (Lipinski definition) is 2. The van der Waals surface area contributed by atoms with Crippen molar-refractivity contribution in [2.24, 2.45) is 5.73 Å². The summed E-state index contributed by atoms with van der Waals surface area (Å²) in [6.07, 6.45) is -3.09. The summed E-state index contributed by atoms with van der Waals surface area (Å²) in [5, 5.41) is 0. The van der Waals surface area contributed by atoms with Crippen LogP contribution in [0.15, 0.2) is 10.9 Å². The Bertz CT molecular complexity index is 427. The van der Waals surface area contributed by atoms with Crippen LogP contribution >= 0.6 is 0 Å². The molecule has 1 aromatic rings. The molecule has 1 rings (SSSR count). The van der Waals surface area contributed by atoms with Gasteiger partial charge in [-0.3, -0.25) is 9.59 Å². The number of aromatic amines is 1. The Balaban J connectivity index is 3.47. The van der Waals surface area contributed by atoms with Crippen molar-refractivity contribution >= 4 is 5.91 Å². The molecule has 0 atom stereocenters. The first-order chi connectivity index (χ1) is 6.43. The van der Waals surface area contributed by atoms with Gasteiger partial charge in [-0.15, -0.1) is 0 Å². The Morgan fingerprint density at radius 1 is 1.50 bits per heavy atom. The number of amides is 1. The quantitative estimate of drug-likeness (QED) is 0.741. The zero-order valence-corrected chi connectivity index (χ0v) is 6.68. The van der Waals surface area contributed by atoms with Crippen molar-refractivity contribution in [1.29, 1.82) is 0 Å². The van der Waals surface area contributed by atoms with E-state index in [4.69, 9.17) is 5.73 Å². The molecule has 0 aliphatic heterocycles. The molecule has 0 fully saturated rings. The van der Waals surface area contributed by atoms with Crippen molar-refractivity contribution in [2.75, 3.05) is 0 Å². The monoisotopic (exact) mass is 206 g/mol. The largest absolute Gasteiger partial charge is 0.366 e. The summed E-state index contributed by atoms with van der Waals surface area (Å²) in [5.74, 6) is -2.56. The first-order valence-corrected chi connectivity index (χ1v) is 3.44. The smallest absolute Gasteiger partial charge is 0.284 e. The highest BCUT2D eigenvalue weighted by Gasteiger charge is 2.19. The lowest BCUT2D eigenvalue weighted by molar-refractivity contribution is 0.0982. The Morgan fingerprint density at radius 3 is 2.50 bits per heavy atom. The van der Waals surface area contributed by atoms with E-state index < -0.39 is 35.0 Å². The summed E-state index contributed by atoms with van der Waals surface area (Å²) >= 11 is 0. The summed E-state index contributed by atoms with van der Waals surface area (Å²) in [4.78, 5) is 22.7. The minimum Gasteiger partial charge on any atom is -0.366 e. The molecule has 0 saturated heterocycles. The molecule has 1 amide bonds. The van der Waals surface area contributed by atoms with Crippen LogP contribution in [0.25, 0.3) is 0 Å². The lowest BCUT2D eigenvalue weighted by Crippen LogP contribution is -2.21. The van der Waals surface area contributed by atoms with Crippen LogP contribution in [-0.4, -0.2) is 10.9 Å². The normalized spacial score (nSPS) is 10.6. The van der Waals surface area contributed by atoms with E-state index >= 15 is 0 Å². The minimum absolute atomic E-state index is 0.392. The van der Waals surface area contributed by atoms with Gasteiger partial charge in [0.05, 0.1) is 11.3 Å². The maximum absolute atomic E-state index is 12.6. The first kappa shape index (κ1) is 10.3. The molecule has 0 aliphatic carbocycles. The maximum atomic E-state index is 12.6. The van der Waals surface area contributed by atoms with Gasteiger partial charge >= 0.3 is 0 Å². The minimum atomic E-state index is -3.09. The van der Waals surface area contributed by atoms with E-state index in [0.29, 0.717) is 6.07 Å². The van der Waals surface area contributed by atoms with Crippen LogP contribution in [0.1, 0.15) is 22.5 Å². The molecule has 1 heterocycles. The van der Waals surface area contributed by atoms with E-state index in [1.807, 2.05) is 0 Å². The van der Waals surface area contributed by atoms with Gasteiger partial charge in [-0.25, -0.2) is 13.2 Å². The van der Waals surface area contributed by atoms with Gasteiger partial charge in [-0.2, -0.15) is 0 Å². The van der Waals surface area contributed by atoms with Crippen LogP contribution in [0.4, 0.5) is 13.2 Å².